The molecule has 0 saturated heterocycles. The Bertz CT molecular complexity index is 338. The normalized spacial score (nSPS) is 16.4. The van der Waals surface area contributed by atoms with Gasteiger partial charge in [-0.1, -0.05) is 13.0 Å². The van der Waals surface area contributed by atoms with Gasteiger partial charge in [0.15, 0.2) is 0 Å². The van der Waals surface area contributed by atoms with Gasteiger partial charge >= 0.3 is 0 Å². The fourth-order valence-corrected chi connectivity index (χ4v) is 2.05. The maximum absolute atomic E-state index is 8.89. The number of aliphatic hydroxyl groups is 1. The molecule has 1 aromatic heterocycles. The number of rotatable bonds is 3. The summed E-state index contributed by atoms with van der Waals surface area (Å²) in [5.41, 5.74) is 3.76. The van der Waals surface area contributed by atoms with Crippen LogP contribution < -0.4 is 0 Å². The molecular formula is C12H18N2O. The lowest BCUT2D eigenvalue weighted by Crippen LogP contribution is -2.33. The summed E-state index contributed by atoms with van der Waals surface area (Å²) in [4.78, 5) is 6.91. The lowest BCUT2D eigenvalue weighted by Gasteiger charge is -2.27. The molecule has 0 amide bonds. The van der Waals surface area contributed by atoms with E-state index in [2.05, 4.69) is 28.9 Å². The zero-order chi connectivity index (χ0) is 10.7. The molecule has 2 heterocycles. The van der Waals surface area contributed by atoms with Crippen molar-refractivity contribution in [2.24, 2.45) is 0 Å². The van der Waals surface area contributed by atoms with Gasteiger partial charge < -0.3 is 5.11 Å². The molecule has 3 heteroatoms. The number of aryl methyl sites for hydroxylation is 1. The molecule has 1 N–H and O–H groups in total. The minimum absolute atomic E-state index is 0.246. The van der Waals surface area contributed by atoms with Gasteiger partial charge in [0.05, 0.1) is 6.61 Å². The second-order valence-electron chi connectivity index (χ2n) is 4.01. The molecule has 0 bridgehead atoms. The van der Waals surface area contributed by atoms with Crippen molar-refractivity contribution < 1.29 is 5.11 Å². The zero-order valence-corrected chi connectivity index (χ0v) is 9.24. The van der Waals surface area contributed by atoms with Crippen LogP contribution in [0.15, 0.2) is 12.1 Å². The second kappa shape index (κ2) is 4.73. The highest BCUT2D eigenvalue weighted by Crippen LogP contribution is 2.17. The van der Waals surface area contributed by atoms with Gasteiger partial charge in [0.25, 0.3) is 0 Å². The van der Waals surface area contributed by atoms with E-state index in [1.807, 2.05) is 0 Å². The SMILES string of the molecule is CCc1ccc2c(n1)CCN(CCO)C2. The topological polar surface area (TPSA) is 36.4 Å². The van der Waals surface area contributed by atoms with Crippen LogP contribution >= 0.6 is 0 Å². The molecule has 0 aliphatic carbocycles. The molecule has 0 unspecified atom stereocenters. The van der Waals surface area contributed by atoms with Gasteiger partial charge in [-0.15, -0.1) is 0 Å². The fourth-order valence-electron chi connectivity index (χ4n) is 2.05. The van der Waals surface area contributed by atoms with E-state index in [9.17, 15) is 0 Å². The maximum atomic E-state index is 8.89. The monoisotopic (exact) mass is 206 g/mol. The Morgan fingerprint density at radius 1 is 1.47 bits per heavy atom. The molecule has 0 aromatic carbocycles. The van der Waals surface area contributed by atoms with E-state index in [-0.39, 0.29) is 6.61 Å². The first-order valence-electron chi connectivity index (χ1n) is 5.64. The molecule has 3 nitrogen and oxygen atoms in total. The van der Waals surface area contributed by atoms with Gasteiger partial charge in [-0.05, 0) is 18.1 Å². The van der Waals surface area contributed by atoms with Gasteiger partial charge in [-0.3, -0.25) is 9.88 Å². The van der Waals surface area contributed by atoms with Crippen LogP contribution in [-0.4, -0.2) is 34.7 Å². The largest absolute Gasteiger partial charge is 0.395 e. The van der Waals surface area contributed by atoms with E-state index in [4.69, 9.17) is 5.11 Å². The fraction of sp³-hybridized carbons (Fsp3) is 0.583. The van der Waals surface area contributed by atoms with Crippen molar-refractivity contribution in [1.82, 2.24) is 9.88 Å². The summed E-state index contributed by atoms with van der Waals surface area (Å²) in [5.74, 6) is 0. The number of fused-ring (bicyclic) bond motifs is 1. The molecule has 15 heavy (non-hydrogen) atoms. The van der Waals surface area contributed by atoms with Crippen molar-refractivity contribution in [3.05, 3.63) is 29.1 Å². The third kappa shape index (κ3) is 2.36. The zero-order valence-electron chi connectivity index (χ0n) is 9.24. The number of aliphatic hydroxyl groups excluding tert-OH is 1. The van der Waals surface area contributed by atoms with Crippen LogP contribution in [0.25, 0.3) is 0 Å². The number of aromatic nitrogens is 1. The molecule has 82 valence electrons. The van der Waals surface area contributed by atoms with Crippen LogP contribution in [0.5, 0.6) is 0 Å². The van der Waals surface area contributed by atoms with Crippen molar-refractivity contribution in [3.8, 4) is 0 Å². The molecule has 0 saturated carbocycles. The quantitative estimate of drug-likeness (QED) is 0.801. The Labute approximate surface area is 90.8 Å². The first-order chi connectivity index (χ1) is 7.33. The molecule has 1 aliphatic rings. The average molecular weight is 206 g/mol. The van der Waals surface area contributed by atoms with E-state index < -0.39 is 0 Å². The smallest absolute Gasteiger partial charge is 0.0558 e. The Balaban J connectivity index is 2.13. The first kappa shape index (κ1) is 10.6. The molecule has 0 fully saturated rings. The highest BCUT2D eigenvalue weighted by atomic mass is 16.3. The average Bonchev–Trinajstić information content (AvgIpc) is 2.29. The molecule has 0 spiro atoms. The maximum Gasteiger partial charge on any atom is 0.0558 e. The number of hydrogen-bond donors (Lipinski definition) is 1. The second-order valence-corrected chi connectivity index (χ2v) is 4.01. The van der Waals surface area contributed by atoms with Gasteiger partial charge in [-0.2, -0.15) is 0 Å². The van der Waals surface area contributed by atoms with Crippen LogP contribution in [-0.2, 0) is 19.4 Å². The highest BCUT2D eigenvalue weighted by Gasteiger charge is 2.16. The summed E-state index contributed by atoms with van der Waals surface area (Å²) >= 11 is 0. The molecule has 0 radical (unpaired) electrons. The number of nitrogens with zero attached hydrogens (tertiary/aromatic N) is 2. The molecule has 0 atom stereocenters. The first-order valence-corrected chi connectivity index (χ1v) is 5.64. The van der Waals surface area contributed by atoms with Gasteiger partial charge in [-0.25, -0.2) is 0 Å². The predicted octanol–water partition coefficient (Wildman–Crippen LogP) is 0.994. The number of hydrogen-bond acceptors (Lipinski definition) is 3. The van der Waals surface area contributed by atoms with Crippen LogP contribution in [0.2, 0.25) is 0 Å². The Morgan fingerprint density at radius 3 is 3.07 bits per heavy atom. The number of β-amino-alcohol motifs (C(OH)–C–C–N with tert-alkyl or cyclic N) is 1. The van der Waals surface area contributed by atoms with Crippen molar-refractivity contribution in [1.29, 1.82) is 0 Å². The molecule has 1 aromatic rings. The summed E-state index contributed by atoms with van der Waals surface area (Å²) in [6.45, 7) is 5.11. The van der Waals surface area contributed by atoms with E-state index in [1.165, 1.54) is 17.0 Å². The summed E-state index contributed by atoms with van der Waals surface area (Å²) in [6, 6.07) is 4.30. The minimum atomic E-state index is 0.246. The van der Waals surface area contributed by atoms with E-state index in [0.717, 1.165) is 32.5 Å². The Morgan fingerprint density at radius 2 is 2.33 bits per heavy atom. The molecule has 2 rings (SSSR count). The summed E-state index contributed by atoms with van der Waals surface area (Å²) in [7, 11) is 0. The van der Waals surface area contributed by atoms with Crippen molar-refractivity contribution in [2.45, 2.75) is 26.3 Å². The van der Waals surface area contributed by atoms with E-state index in [1.54, 1.807) is 0 Å². The van der Waals surface area contributed by atoms with Crippen LogP contribution in [0.4, 0.5) is 0 Å². The van der Waals surface area contributed by atoms with Crippen molar-refractivity contribution in [2.75, 3.05) is 19.7 Å². The summed E-state index contributed by atoms with van der Waals surface area (Å²) < 4.78 is 0. The third-order valence-electron chi connectivity index (χ3n) is 2.96. The third-order valence-corrected chi connectivity index (χ3v) is 2.96. The lowest BCUT2D eigenvalue weighted by molar-refractivity contribution is 0.183. The van der Waals surface area contributed by atoms with Crippen molar-refractivity contribution in [3.63, 3.8) is 0 Å². The van der Waals surface area contributed by atoms with E-state index in [0.29, 0.717) is 0 Å². The number of pyridine rings is 1. The van der Waals surface area contributed by atoms with Gasteiger partial charge in [0, 0.05) is 37.4 Å². The van der Waals surface area contributed by atoms with Gasteiger partial charge in [0.1, 0.15) is 0 Å². The summed E-state index contributed by atoms with van der Waals surface area (Å²) in [6.07, 6.45) is 2.02. The predicted molar refractivity (Wildman–Crippen MR) is 59.7 cm³/mol. The Kier molecular flexibility index (Phi) is 3.34. The minimum Gasteiger partial charge on any atom is -0.395 e. The standard InChI is InChI=1S/C12H18N2O/c1-2-11-4-3-10-9-14(7-8-15)6-5-12(10)13-11/h3-4,15H,2,5-9H2,1H3. The lowest BCUT2D eigenvalue weighted by atomic mass is 10.0. The van der Waals surface area contributed by atoms with Gasteiger partial charge in [0.2, 0.25) is 0 Å². The van der Waals surface area contributed by atoms with E-state index >= 15 is 0 Å². The Hall–Kier alpha value is -0.930. The van der Waals surface area contributed by atoms with Crippen LogP contribution in [0, 0.1) is 0 Å². The molecule has 1 aliphatic heterocycles. The van der Waals surface area contributed by atoms with Crippen LogP contribution in [0.1, 0.15) is 23.9 Å². The summed E-state index contributed by atoms with van der Waals surface area (Å²) in [5, 5.41) is 8.89. The van der Waals surface area contributed by atoms with Crippen molar-refractivity contribution >= 4 is 0 Å². The highest BCUT2D eigenvalue weighted by molar-refractivity contribution is 5.25. The van der Waals surface area contributed by atoms with Crippen LogP contribution in [0.3, 0.4) is 0 Å². The molecular weight excluding hydrogens is 188 g/mol.